The molecule has 9 heteroatoms. The quantitative estimate of drug-likeness (QED) is 0.587. The molecule has 4 heterocycles. The van der Waals surface area contributed by atoms with Crippen LogP contribution in [0.25, 0.3) is 10.9 Å². The lowest BCUT2D eigenvalue weighted by molar-refractivity contribution is 0.426. The van der Waals surface area contributed by atoms with Crippen molar-refractivity contribution in [3.63, 3.8) is 0 Å². The lowest BCUT2D eigenvalue weighted by atomic mass is 9.97. The van der Waals surface area contributed by atoms with Gasteiger partial charge in [-0.05, 0) is 49.5 Å². The molecule has 1 fully saturated rings. The van der Waals surface area contributed by atoms with Crippen LogP contribution < -0.4 is 10.0 Å². The summed E-state index contributed by atoms with van der Waals surface area (Å²) in [6.45, 7) is 2.93. The minimum Gasteiger partial charge on any atom is -0.351 e. The van der Waals surface area contributed by atoms with Crippen molar-refractivity contribution in [3.05, 3.63) is 47.5 Å². The number of nitrogens with one attached hydrogen (secondary N) is 3. The lowest BCUT2D eigenvalue weighted by Crippen LogP contribution is -2.40. The molecule has 1 aromatic carbocycles. The minimum absolute atomic E-state index is 0.210. The lowest BCUT2D eigenvalue weighted by Gasteiger charge is -2.31. The molecule has 6 nitrogen and oxygen atoms in total. The molecule has 1 spiro atoms. The molecule has 1 saturated heterocycles. The first-order valence-electron chi connectivity index (χ1n) is 9.17. The zero-order valence-electron chi connectivity index (χ0n) is 15.1. The number of benzene rings is 1. The average molecular weight is 433 g/mol. The standard InChI is InChI=1S/C19H20N4O2S3/c24-28(25,16-5-2-10-26-16)23-14-4-1-3-13-11-15(22-17(13)14)18-21-12-19(27-18)6-8-20-9-7-19/h1-5,10-11,20,22-23H,6-9,12H2. The van der Waals surface area contributed by atoms with Gasteiger partial charge in [-0.1, -0.05) is 30.0 Å². The Morgan fingerprint density at radius 2 is 2.00 bits per heavy atom. The summed E-state index contributed by atoms with van der Waals surface area (Å²) < 4.78 is 28.5. The van der Waals surface area contributed by atoms with Gasteiger partial charge in [0.25, 0.3) is 10.0 Å². The van der Waals surface area contributed by atoms with E-state index in [2.05, 4.69) is 21.1 Å². The third-order valence-corrected chi connectivity index (χ3v) is 9.51. The summed E-state index contributed by atoms with van der Waals surface area (Å²) in [6, 6.07) is 11.0. The van der Waals surface area contributed by atoms with Crippen molar-refractivity contribution in [1.82, 2.24) is 10.3 Å². The van der Waals surface area contributed by atoms with Gasteiger partial charge in [-0.2, -0.15) is 0 Å². The topological polar surface area (TPSA) is 86.3 Å². The smallest absolute Gasteiger partial charge is 0.271 e. The Hall–Kier alpha value is -1.81. The number of sulfonamides is 1. The van der Waals surface area contributed by atoms with Gasteiger partial charge in [0.15, 0.2) is 0 Å². The molecule has 0 unspecified atom stereocenters. The molecule has 0 aliphatic carbocycles. The maximum absolute atomic E-state index is 12.6. The van der Waals surface area contributed by atoms with Gasteiger partial charge in [0.1, 0.15) is 9.25 Å². The SMILES string of the molecule is O=S(=O)(Nc1cccc2cc(C3=NCC4(CCNCC4)S3)[nH]c12)c1cccs1. The highest BCUT2D eigenvalue weighted by Gasteiger charge is 2.38. The fourth-order valence-electron chi connectivity index (χ4n) is 3.74. The van der Waals surface area contributed by atoms with E-state index in [0.717, 1.165) is 54.1 Å². The second-order valence-corrected chi connectivity index (χ2v) is 11.5. The zero-order valence-corrected chi connectivity index (χ0v) is 17.5. The van der Waals surface area contributed by atoms with Crippen molar-refractivity contribution in [3.8, 4) is 0 Å². The van der Waals surface area contributed by atoms with Crippen molar-refractivity contribution in [1.29, 1.82) is 0 Å². The number of aliphatic imine (C=N–C) groups is 1. The Morgan fingerprint density at radius 3 is 2.79 bits per heavy atom. The van der Waals surface area contributed by atoms with Crippen molar-refractivity contribution in [2.75, 3.05) is 24.4 Å². The van der Waals surface area contributed by atoms with Gasteiger partial charge in [0.05, 0.1) is 23.4 Å². The van der Waals surface area contributed by atoms with E-state index < -0.39 is 10.0 Å². The number of H-pyrrole nitrogens is 1. The van der Waals surface area contributed by atoms with E-state index in [4.69, 9.17) is 4.99 Å². The number of piperidine rings is 1. The van der Waals surface area contributed by atoms with Crippen LogP contribution in [0.2, 0.25) is 0 Å². The predicted molar refractivity (Wildman–Crippen MR) is 117 cm³/mol. The highest BCUT2D eigenvalue weighted by atomic mass is 32.2. The molecular weight excluding hydrogens is 412 g/mol. The Morgan fingerprint density at radius 1 is 1.14 bits per heavy atom. The van der Waals surface area contributed by atoms with E-state index in [1.807, 2.05) is 23.9 Å². The van der Waals surface area contributed by atoms with Gasteiger partial charge in [0.2, 0.25) is 0 Å². The van der Waals surface area contributed by atoms with Gasteiger partial charge in [-0.25, -0.2) is 8.42 Å². The largest absolute Gasteiger partial charge is 0.351 e. The first kappa shape index (κ1) is 18.2. The number of para-hydroxylation sites is 1. The molecule has 3 aromatic rings. The van der Waals surface area contributed by atoms with Crippen molar-refractivity contribution in [2.45, 2.75) is 21.8 Å². The first-order chi connectivity index (χ1) is 13.5. The number of fused-ring (bicyclic) bond motifs is 1. The molecular formula is C19H20N4O2S3. The molecule has 0 bridgehead atoms. The summed E-state index contributed by atoms with van der Waals surface area (Å²) >= 11 is 3.07. The van der Waals surface area contributed by atoms with E-state index in [0.29, 0.717) is 9.90 Å². The highest BCUT2D eigenvalue weighted by molar-refractivity contribution is 8.15. The third-order valence-electron chi connectivity index (χ3n) is 5.23. The predicted octanol–water partition coefficient (Wildman–Crippen LogP) is 3.65. The van der Waals surface area contributed by atoms with Gasteiger partial charge >= 0.3 is 0 Å². The number of anilines is 1. The average Bonchev–Trinajstić information content (AvgIpc) is 3.42. The van der Waals surface area contributed by atoms with Gasteiger partial charge < -0.3 is 10.3 Å². The molecule has 0 saturated carbocycles. The van der Waals surface area contributed by atoms with Crippen LogP contribution in [0.4, 0.5) is 5.69 Å². The minimum atomic E-state index is -3.59. The molecule has 0 amide bonds. The van der Waals surface area contributed by atoms with Crippen molar-refractivity contribution < 1.29 is 8.42 Å². The monoisotopic (exact) mass is 432 g/mol. The van der Waals surface area contributed by atoms with Crippen LogP contribution in [0.5, 0.6) is 0 Å². The second kappa shape index (κ2) is 6.91. The Balaban J connectivity index is 1.45. The normalized spacial score (nSPS) is 19.2. The van der Waals surface area contributed by atoms with E-state index >= 15 is 0 Å². The molecule has 5 rings (SSSR count). The fourth-order valence-corrected chi connectivity index (χ4v) is 7.10. The molecule has 2 aliphatic heterocycles. The molecule has 146 valence electrons. The van der Waals surface area contributed by atoms with Crippen molar-refractivity contribution >= 4 is 54.8 Å². The number of thioether (sulfide) groups is 1. The molecule has 28 heavy (non-hydrogen) atoms. The Kier molecular flexibility index (Phi) is 4.50. The first-order valence-corrected chi connectivity index (χ1v) is 12.4. The van der Waals surface area contributed by atoms with E-state index in [1.54, 1.807) is 23.6 Å². The molecule has 0 atom stereocenters. The summed E-state index contributed by atoms with van der Waals surface area (Å²) in [4.78, 5) is 8.21. The van der Waals surface area contributed by atoms with Gasteiger partial charge in [-0.3, -0.25) is 9.71 Å². The number of hydrogen-bond donors (Lipinski definition) is 3. The van der Waals surface area contributed by atoms with Gasteiger partial charge in [0, 0.05) is 10.1 Å². The van der Waals surface area contributed by atoms with E-state index in [-0.39, 0.29) is 4.75 Å². The summed E-state index contributed by atoms with van der Waals surface area (Å²) in [7, 11) is -3.59. The number of thiophene rings is 1. The third kappa shape index (κ3) is 3.26. The molecule has 2 aliphatic rings. The molecule has 2 aromatic heterocycles. The van der Waals surface area contributed by atoms with Gasteiger partial charge in [-0.15, -0.1) is 11.3 Å². The number of aromatic nitrogens is 1. The summed E-state index contributed by atoms with van der Waals surface area (Å²) in [5, 5.41) is 7.16. The van der Waals surface area contributed by atoms with Crippen LogP contribution in [0.15, 0.2) is 51.0 Å². The van der Waals surface area contributed by atoms with Crippen LogP contribution in [0.1, 0.15) is 18.5 Å². The zero-order chi connectivity index (χ0) is 19.2. The maximum atomic E-state index is 12.6. The number of hydrogen-bond acceptors (Lipinski definition) is 6. The summed E-state index contributed by atoms with van der Waals surface area (Å²) in [5.74, 6) is 0. The number of aromatic amines is 1. The Bertz CT molecular complexity index is 1140. The molecule has 3 N–H and O–H groups in total. The number of rotatable bonds is 4. The highest BCUT2D eigenvalue weighted by Crippen LogP contribution is 2.42. The Labute approximate surface area is 171 Å². The summed E-state index contributed by atoms with van der Waals surface area (Å²) in [6.07, 6.45) is 2.24. The fraction of sp³-hybridized carbons (Fsp3) is 0.316. The molecule has 0 radical (unpaired) electrons. The van der Waals surface area contributed by atoms with Crippen LogP contribution in [0, 0.1) is 0 Å². The van der Waals surface area contributed by atoms with Crippen LogP contribution in [-0.2, 0) is 10.0 Å². The maximum Gasteiger partial charge on any atom is 0.271 e. The van der Waals surface area contributed by atoms with E-state index in [9.17, 15) is 8.42 Å². The van der Waals surface area contributed by atoms with Crippen molar-refractivity contribution in [2.24, 2.45) is 4.99 Å². The number of nitrogens with zero attached hydrogens (tertiary/aromatic N) is 1. The summed E-state index contributed by atoms with van der Waals surface area (Å²) in [5.41, 5.74) is 2.29. The second-order valence-electron chi connectivity index (χ2n) is 7.15. The van der Waals surface area contributed by atoms with Crippen LogP contribution in [0.3, 0.4) is 0 Å². The van der Waals surface area contributed by atoms with E-state index in [1.165, 1.54) is 11.3 Å². The van der Waals surface area contributed by atoms with Crippen LogP contribution >= 0.6 is 23.1 Å². The van der Waals surface area contributed by atoms with Crippen LogP contribution in [-0.4, -0.2) is 42.8 Å².